The number of aliphatic hydroxyl groups is 1. The van der Waals surface area contributed by atoms with Gasteiger partial charge >= 0.3 is 0 Å². The van der Waals surface area contributed by atoms with Gasteiger partial charge in [-0.25, -0.2) is 4.39 Å². The number of aryl methyl sites for hydroxylation is 1. The summed E-state index contributed by atoms with van der Waals surface area (Å²) in [4.78, 5) is 12.3. The molecule has 2 N–H and O–H groups in total. The van der Waals surface area contributed by atoms with E-state index in [-0.39, 0.29) is 18.3 Å². The molecular weight excluding hydrogens is 295 g/mol. The monoisotopic (exact) mass is 312 g/mol. The van der Waals surface area contributed by atoms with Crippen LogP contribution in [0.2, 0.25) is 0 Å². The maximum Gasteiger partial charge on any atom is 0.268 e. The first kappa shape index (κ1) is 15.2. The molecule has 0 aliphatic rings. The molecule has 0 saturated heterocycles. The van der Waals surface area contributed by atoms with Crippen LogP contribution >= 0.6 is 0 Å². The number of nitrogens with one attached hydrogen (secondary N) is 1. The lowest BCUT2D eigenvalue weighted by Crippen LogP contribution is -2.29. The minimum absolute atomic E-state index is 0.0615. The van der Waals surface area contributed by atoms with Gasteiger partial charge in [0, 0.05) is 24.5 Å². The Morgan fingerprint density at radius 1 is 1.22 bits per heavy atom. The van der Waals surface area contributed by atoms with Crippen LogP contribution < -0.4 is 5.32 Å². The summed E-state index contributed by atoms with van der Waals surface area (Å²) in [6, 6.07) is 15.1. The molecule has 0 saturated carbocycles. The second kappa shape index (κ2) is 6.22. The number of carbonyl (C=O) groups excluding carboxylic acids is 1. The number of hydrogen-bond donors (Lipinski definition) is 2. The van der Waals surface area contributed by atoms with Gasteiger partial charge in [0.1, 0.15) is 11.5 Å². The smallest absolute Gasteiger partial charge is 0.268 e. The molecule has 0 fully saturated rings. The molecule has 1 atom stereocenters. The van der Waals surface area contributed by atoms with Crippen molar-refractivity contribution in [1.29, 1.82) is 0 Å². The van der Waals surface area contributed by atoms with E-state index in [9.17, 15) is 14.3 Å². The third-order valence-electron chi connectivity index (χ3n) is 3.90. The highest BCUT2D eigenvalue weighted by Gasteiger charge is 2.15. The van der Waals surface area contributed by atoms with E-state index < -0.39 is 6.10 Å². The molecule has 3 aromatic rings. The fourth-order valence-electron chi connectivity index (χ4n) is 2.59. The lowest BCUT2D eigenvalue weighted by molar-refractivity contribution is 0.0908. The Morgan fingerprint density at radius 2 is 1.91 bits per heavy atom. The summed E-state index contributed by atoms with van der Waals surface area (Å²) < 4.78 is 14.7. The van der Waals surface area contributed by atoms with Crippen molar-refractivity contribution in [2.75, 3.05) is 6.54 Å². The van der Waals surface area contributed by atoms with E-state index in [1.54, 1.807) is 0 Å². The van der Waals surface area contributed by atoms with Crippen LogP contribution in [0.3, 0.4) is 0 Å². The van der Waals surface area contributed by atoms with Crippen LogP contribution in [0.5, 0.6) is 0 Å². The van der Waals surface area contributed by atoms with Gasteiger partial charge in [-0.05, 0) is 29.8 Å². The molecule has 1 amide bonds. The first-order valence-electron chi connectivity index (χ1n) is 7.32. The number of hydrogen-bond acceptors (Lipinski definition) is 2. The van der Waals surface area contributed by atoms with E-state index >= 15 is 0 Å². The van der Waals surface area contributed by atoms with E-state index in [2.05, 4.69) is 5.32 Å². The zero-order chi connectivity index (χ0) is 16.4. The number of para-hydroxylation sites is 1. The second-order valence-electron chi connectivity index (χ2n) is 5.42. The maximum absolute atomic E-state index is 12.9. The number of amides is 1. The molecule has 0 bridgehead atoms. The van der Waals surface area contributed by atoms with Crippen LogP contribution in [0.25, 0.3) is 10.9 Å². The molecule has 0 spiro atoms. The number of benzene rings is 2. The van der Waals surface area contributed by atoms with Crippen LogP contribution in [0.15, 0.2) is 54.6 Å². The largest absolute Gasteiger partial charge is 0.387 e. The fourth-order valence-corrected chi connectivity index (χ4v) is 2.59. The third-order valence-corrected chi connectivity index (χ3v) is 3.90. The van der Waals surface area contributed by atoms with Crippen molar-refractivity contribution in [3.63, 3.8) is 0 Å². The molecule has 0 aliphatic heterocycles. The van der Waals surface area contributed by atoms with Crippen LogP contribution in [0.1, 0.15) is 22.2 Å². The molecule has 1 aromatic heterocycles. The summed E-state index contributed by atoms with van der Waals surface area (Å²) in [6.07, 6.45) is -0.880. The average molecular weight is 312 g/mol. The summed E-state index contributed by atoms with van der Waals surface area (Å²) >= 11 is 0. The fraction of sp³-hybridized carbons (Fsp3) is 0.167. The number of rotatable bonds is 4. The Bertz CT molecular complexity index is 840. The minimum atomic E-state index is -0.880. The van der Waals surface area contributed by atoms with Gasteiger partial charge in [-0.15, -0.1) is 0 Å². The zero-order valence-corrected chi connectivity index (χ0v) is 12.7. The molecule has 0 aliphatic carbocycles. The first-order chi connectivity index (χ1) is 11.1. The quantitative estimate of drug-likeness (QED) is 0.778. The average Bonchev–Trinajstić information content (AvgIpc) is 2.90. The molecule has 1 unspecified atom stereocenters. The Labute approximate surface area is 133 Å². The summed E-state index contributed by atoms with van der Waals surface area (Å²) in [5.74, 6) is -0.620. The Kier molecular flexibility index (Phi) is 4.12. The summed E-state index contributed by atoms with van der Waals surface area (Å²) in [5, 5.41) is 13.8. The van der Waals surface area contributed by atoms with E-state index in [1.165, 1.54) is 24.3 Å². The number of halogens is 1. The predicted molar refractivity (Wildman–Crippen MR) is 86.6 cm³/mol. The molecule has 0 radical (unpaired) electrons. The number of fused-ring (bicyclic) bond motifs is 1. The van der Waals surface area contributed by atoms with Crippen LogP contribution in [0, 0.1) is 5.82 Å². The highest BCUT2D eigenvalue weighted by atomic mass is 19.1. The van der Waals surface area contributed by atoms with Crippen LogP contribution in [-0.2, 0) is 7.05 Å². The van der Waals surface area contributed by atoms with Crippen LogP contribution in [-0.4, -0.2) is 22.1 Å². The van der Waals surface area contributed by atoms with Crippen molar-refractivity contribution in [2.45, 2.75) is 6.10 Å². The van der Waals surface area contributed by atoms with Gasteiger partial charge in [0.25, 0.3) is 5.91 Å². The van der Waals surface area contributed by atoms with Gasteiger partial charge in [-0.1, -0.05) is 30.3 Å². The van der Waals surface area contributed by atoms with Gasteiger partial charge in [-0.2, -0.15) is 0 Å². The number of nitrogens with zero attached hydrogens (tertiary/aromatic N) is 1. The first-order valence-corrected chi connectivity index (χ1v) is 7.32. The summed E-state index contributed by atoms with van der Waals surface area (Å²) in [6.45, 7) is 0.0615. The molecule has 4 nitrogen and oxygen atoms in total. The van der Waals surface area contributed by atoms with Gasteiger partial charge in [0.2, 0.25) is 0 Å². The number of carbonyl (C=O) groups is 1. The third kappa shape index (κ3) is 3.10. The minimum Gasteiger partial charge on any atom is -0.387 e. The number of aromatic nitrogens is 1. The Hall–Kier alpha value is -2.66. The van der Waals surface area contributed by atoms with Crippen LogP contribution in [0.4, 0.5) is 4.39 Å². The lowest BCUT2D eigenvalue weighted by atomic mass is 10.1. The second-order valence-corrected chi connectivity index (χ2v) is 5.42. The zero-order valence-electron chi connectivity index (χ0n) is 12.7. The highest BCUT2D eigenvalue weighted by Crippen LogP contribution is 2.18. The molecular formula is C18H17FN2O2. The van der Waals surface area contributed by atoms with Crippen molar-refractivity contribution < 1.29 is 14.3 Å². The highest BCUT2D eigenvalue weighted by molar-refractivity contribution is 5.98. The molecule has 23 heavy (non-hydrogen) atoms. The van der Waals surface area contributed by atoms with Gasteiger partial charge in [-0.3, -0.25) is 4.79 Å². The van der Waals surface area contributed by atoms with Gasteiger partial charge < -0.3 is 15.0 Å². The predicted octanol–water partition coefficient (Wildman–Crippen LogP) is 2.78. The van der Waals surface area contributed by atoms with Gasteiger partial charge in [0.15, 0.2) is 0 Å². The molecule has 5 heteroatoms. The van der Waals surface area contributed by atoms with E-state index in [4.69, 9.17) is 0 Å². The summed E-state index contributed by atoms with van der Waals surface area (Å²) in [7, 11) is 1.83. The van der Waals surface area contributed by atoms with Crippen molar-refractivity contribution in [1.82, 2.24) is 9.88 Å². The van der Waals surface area contributed by atoms with E-state index in [1.807, 2.05) is 41.9 Å². The molecule has 3 rings (SSSR count). The van der Waals surface area contributed by atoms with Crippen molar-refractivity contribution in [2.24, 2.45) is 7.05 Å². The van der Waals surface area contributed by atoms with Gasteiger partial charge in [0.05, 0.1) is 6.10 Å². The topological polar surface area (TPSA) is 54.3 Å². The standard InChI is InChI=1S/C18H17FN2O2/c1-21-15-5-3-2-4-13(15)10-16(21)18(23)20-11-17(22)12-6-8-14(19)9-7-12/h2-10,17,22H,11H2,1H3,(H,20,23). The summed E-state index contributed by atoms with van der Waals surface area (Å²) in [5.41, 5.74) is 2.05. The normalized spacial score (nSPS) is 12.3. The number of aliphatic hydroxyl groups excluding tert-OH is 1. The molecule has 2 aromatic carbocycles. The Morgan fingerprint density at radius 3 is 2.61 bits per heavy atom. The maximum atomic E-state index is 12.9. The van der Waals surface area contributed by atoms with Crippen molar-refractivity contribution in [3.8, 4) is 0 Å². The Balaban J connectivity index is 1.71. The van der Waals surface area contributed by atoms with Crippen molar-refractivity contribution in [3.05, 3.63) is 71.7 Å². The van der Waals surface area contributed by atoms with E-state index in [0.29, 0.717) is 11.3 Å². The van der Waals surface area contributed by atoms with Crippen molar-refractivity contribution >= 4 is 16.8 Å². The molecule has 1 heterocycles. The molecule has 118 valence electrons. The lowest BCUT2D eigenvalue weighted by Gasteiger charge is -2.12. The SMILES string of the molecule is Cn1c(C(=O)NCC(O)c2ccc(F)cc2)cc2ccccc21. The van der Waals surface area contributed by atoms with E-state index in [0.717, 1.165) is 10.9 Å².